The Hall–Kier alpha value is -3.29. The summed E-state index contributed by atoms with van der Waals surface area (Å²) in [5.74, 6) is 0.627. The fourth-order valence-electron chi connectivity index (χ4n) is 3.51. The Labute approximate surface area is 191 Å². The van der Waals surface area contributed by atoms with E-state index in [0.29, 0.717) is 11.6 Å². The highest BCUT2D eigenvalue weighted by Gasteiger charge is 2.14. The first-order valence-corrected chi connectivity index (χ1v) is 11.3. The highest BCUT2D eigenvalue weighted by molar-refractivity contribution is 7.13. The molecule has 3 aromatic carbocycles. The van der Waals surface area contributed by atoms with Crippen molar-refractivity contribution in [2.24, 2.45) is 0 Å². The Morgan fingerprint density at radius 2 is 1.69 bits per heavy atom. The van der Waals surface area contributed by atoms with E-state index >= 15 is 0 Å². The van der Waals surface area contributed by atoms with Gasteiger partial charge in [0.15, 0.2) is 0 Å². The fourth-order valence-corrected chi connectivity index (χ4v) is 4.33. The smallest absolute Gasteiger partial charge is 0.286 e. The Kier molecular flexibility index (Phi) is 6.78. The molecule has 0 bridgehead atoms. The zero-order valence-corrected chi connectivity index (χ0v) is 19.3. The van der Waals surface area contributed by atoms with Crippen LogP contribution in [-0.4, -0.2) is 35.2 Å². The van der Waals surface area contributed by atoms with Crippen molar-refractivity contribution in [2.45, 2.75) is 26.4 Å². The lowest BCUT2D eigenvalue weighted by Gasteiger charge is -2.15. The second-order valence-electron chi connectivity index (χ2n) is 7.73. The van der Waals surface area contributed by atoms with Crippen LogP contribution in [0.25, 0.3) is 10.8 Å². The van der Waals surface area contributed by atoms with Gasteiger partial charge in [-0.15, -0.1) is 10.2 Å². The van der Waals surface area contributed by atoms with Gasteiger partial charge in [0, 0.05) is 12.2 Å². The van der Waals surface area contributed by atoms with Gasteiger partial charge in [-0.05, 0) is 65.7 Å². The number of nitrogens with zero attached hydrogens (tertiary/aromatic N) is 3. The highest BCUT2D eigenvalue weighted by Crippen LogP contribution is 2.23. The molecule has 6 nitrogen and oxygen atoms in total. The number of carbonyl (C=O) groups excluding carboxylic acids is 1. The van der Waals surface area contributed by atoms with Gasteiger partial charge in [-0.2, -0.15) is 0 Å². The zero-order chi connectivity index (χ0) is 22.5. The van der Waals surface area contributed by atoms with Crippen molar-refractivity contribution in [3.05, 3.63) is 81.8 Å². The number of amides is 1. The summed E-state index contributed by atoms with van der Waals surface area (Å²) in [5.41, 5.74) is 3.20. The van der Waals surface area contributed by atoms with Crippen molar-refractivity contribution >= 4 is 33.7 Å². The molecule has 1 N–H and O–H groups in total. The van der Waals surface area contributed by atoms with Crippen LogP contribution < -0.4 is 10.1 Å². The van der Waals surface area contributed by atoms with Crippen LogP contribution in [0.15, 0.2) is 60.7 Å². The molecule has 164 valence electrons. The van der Waals surface area contributed by atoms with E-state index in [4.69, 9.17) is 4.74 Å². The number of anilines is 1. The zero-order valence-electron chi connectivity index (χ0n) is 18.5. The first kappa shape index (κ1) is 21.9. The summed E-state index contributed by atoms with van der Waals surface area (Å²) < 4.78 is 5.30. The molecule has 1 heterocycles. The van der Waals surface area contributed by atoms with Crippen molar-refractivity contribution < 1.29 is 9.53 Å². The van der Waals surface area contributed by atoms with E-state index in [0.717, 1.165) is 34.8 Å². The number of nitrogens with one attached hydrogen (secondary N) is 1. The Bertz CT molecular complexity index is 1220. The number of carbonyl (C=O) groups is 1. The third-order valence-electron chi connectivity index (χ3n) is 5.25. The van der Waals surface area contributed by atoms with E-state index in [1.54, 1.807) is 7.11 Å². The average Bonchev–Trinajstić information content (AvgIpc) is 3.27. The predicted molar refractivity (Wildman–Crippen MR) is 129 cm³/mol. The van der Waals surface area contributed by atoms with Gasteiger partial charge < -0.3 is 10.1 Å². The molecule has 0 aliphatic rings. The van der Waals surface area contributed by atoms with Gasteiger partial charge in [0.05, 0.1) is 13.7 Å². The molecular formula is C25H26N4O2S. The lowest BCUT2D eigenvalue weighted by molar-refractivity contribution is 0.102. The van der Waals surface area contributed by atoms with Crippen molar-refractivity contribution in [1.82, 2.24) is 15.1 Å². The molecule has 0 spiro atoms. The molecule has 0 saturated carbocycles. The minimum atomic E-state index is -0.231. The maximum atomic E-state index is 12.5. The third-order valence-corrected chi connectivity index (χ3v) is 6.16. The Morgan fingerprint density at radius 1 is 0.969 bits per heavy atom. The fraction of sp³-hybridized carbons (Fsp3) is 0.240. The SMILES string of the molecule is CCc1ccc(NC(=O)c2nnc(CN(C)Cc3ccc4cc(OC)ccc4c3)s2)cc1. The summed E-state index contributed by atoms with van der Waals surface area (Å²) in [6, 6.07) is 20.4. The molecule has 0 atom stereocenters. The minimum Gasteiger partial charge on any atom is -0.497 e. The first-order valence-electron chi connectivity index (χ1n) is 10.5. The Morgan fingerprint density at radius 3 is 2.44 bits per heavy atom. The number of ether oxygens (including phenoxy) is 1. The number of hydrogen-bond donors (Lipinski definition) is 1. The predicted octanol–water partition coefficient (Wildman–Crippen LogP) is 5.15. The molecule has 4 rings (SSSR count). The summed E-state index contributed by atoms with van der Waals surface area (Å²) in [4.78, 5) is 14.7. The number of benzene rings is 3. The number of rotatable bonds is 8. The van der Waals surface area contributed by atoms with E-state index in [-0.39, 0.29) is 5.91 Å². The standard InChI is InChI=1S/C25H26N4O2S/c1-4-17-6-10-21(11-7-17)26-24(30)25-28-27-23(32-25)16-29(2)15-18-5-8-20-14-22(31-3)12-9-19(20)13-18/h5-14H,4,15-16H2,1-3H3,(H,26,30). The van der Waals surface area contributed by atoms with Crippen LogP contribution in [0.2, 0.25) is 0 Å². The number of hydrogen-bond acceptors (Lipinski definition) is 6. The van der Waals surface area contributed by atoms with Crippen molar-refractivity contribution in [2.75, 3.05) is 19.5 Å². The quantitative estimate of drug-likeness (QED) is 0.406. The van der Waals surface area contributed by atoms with Gasteiger partial charge in [0.2, 0.25) is 5.01 Å². The molecule has 0 saturated heterocycles. The van der Waals surface area contributed by atoms with Gasteiger partial charge >= 0.3 is 0 Å². The van der Waals surface area contributed by atoms with Crippen molar-refractivity contribution in [1.29, 1.82) is 0 Å². The maximum Gasteiger partial charge on any atom is 0.286 e. The second kappa shape index (κ2) is 9.89. The van der Waals surface area contributed by atoms with Crippen LogP contribution in [0.1, 0.15) is 32.9 Å². The highest BCUT2D eigenvalue weighted by atomic mass is 32.1. The molecule has 7 heteroatoms. The van der Waals surface area contributed by atoms with Gasteiger partial charge in [0.1, 0.15) is 10.8 Å². The molecule has 0 aliphatic carbocycles. The molecule has 0 radical (unpaired) electrons. The lowest BCUT2D eigenvalue weighted by Crippen LogP contribution is -2.17. The van der Waals surface area contributed by atoms with Crippen LogP contribution >= 0.6 is 11.3 Å². The monoisotopic (exact) mass is 446 g/mol. The number of fused-ring (bicyclic) bond motifs is 1. The first-order chi connectivity index (χ1) is 15.5. The summed E-state index contributed by atoms with van der Waals surface area (Å²) in [6.45, 7) is 3.49. The molecule has 0 unspecified atom stereocenters. The van der Waals surface area contributed by atoms with Crippen LogP contribution in [-0.2, 0) is 19.5 Å². The van der Waals surface area contributed by atoms with Crippen LogP contribution in [0.5, 0.6) is 5.75 Å². The maximum absolute atomic E-state index is 12.5. The molecule has 32 heavy (non-hydrogen) atoms. The molecule has 1 aromatic heterocycles. The summed E-state index contributed by atoms with van der Waals surface area (Å²) in [5, 5.41) is 14.7. The Balaban J connectivity index is 1.36. The van der Waals surface area contributed by atoms with Crippen molar-refractivity contribution in [3.8, 4) is 5.75 Å². The molecule has 4 aromatic rings. The van der Waals surface area contributed by atoms with Crippen molar-refractivity contribution in [3.63, 3.8) is 0 Å². The van der Waals surface area contributed by atoms with E-state index in [2.05, 4.69) is 51.6 Å². The number of methoxy groups -OCH3 is 1. The van der Waals surface area contributed by atoms with Gasteiger partial charge in [-0.3, -0.25) is 9.69 Å². The largest absolute Gasteiger partial charge is 0.497 e. The molecule has 1 amide bonds. The van der Waals surface area contributed by atoms with E-state index in [1.807, 2.05) is 43.4 Å². The summed E-state index contributed by atoms with van der Waals surface area (Å²) >= 11 is 1.32. The normalized spacial score (nSPS) is 11.1. The van der Waals surface area contributed by atoms with Gasteiger partial charge in [-0.1, -0.05) is 48.6 Å². The van der Waals surface area contributed by atoms with Crippen LogP contribution in [0.4, 0.5) is 5.69 Å². The third kappa shape index (κ3) is 5.30. The van der Waals surface area contributed by atoms with E-state index in [9.17, 15) is 4.79 Å². The summed E-state index contributed by atoms with van der Waals surface area (Å²) in [7, 11) is 3.71. The molecule has 0 aliphatic heterocycles. The average molecular weight is 447 g/mol. The molecule has 0 fully saturated rings. The summed E-state index contributed by atoms with van der Waals surface area (Å²) in [6.07, 6.45) is 0.968. The number of aryl methyl sites for hydroxylation is 1. The second-order valence-corrected chi connectivity index (χ2v) is 8.79. The minimum absolute atomic E-state index is 0.231. The van der Waals surface area contributed by atoms with E-state index in [1.165, 1.54) is 27.8 Å². The lowest BCUT2D eigenvalue weighted by atomic mass is 10.1. The van der Waals surface area contributed by atoms with Crippen LogP contribution in [0.3, 0.4) is 0 Å². The van der Waals surface area contributed by atoms with E-state index < -0.39 is 0 Å². The topological polar surface area (TPSA) is 67.4 Å². The van der Waals surface area contributed by atoms with Gasteiger partial charge in [0.25, 0.3) is 5.91 Å². The van der Waals surface area contributed by atoms with Gasteiger partial charge in [-0.25, -0.2) is 0 Å². The molecular weight excluding hydrogens is 420 g/mol. The van der Waals surface area contributed by atoms with Crippen LogP contribution in [0, 0.1) is 0 Å². The number of aromatic nitrogens is 2.